The van der Waals surface area contributed by atoms with E-state index in [2.05, 4.69) is 10.9 Å². The molecule has 0 aromatic heterocycles. The minimum Gasteiger partial charge on any atom is -0.443 e. The molecule has 0 aliphatic carbocycles. The van der Waals surface area contributed by atoms with Crippen LogP contribution in [0.3, 0.4) is 0 Å². The average Bonchev–Trinajstić information content (AvgIpc) is 2.51. The molecule has 1 atom stereocenters. The molecule has 1 aliphatic rings. The number of piperidine rings is 1. The third kappa shape index (κ3) is 5.60. The number of amides is 1. The molecule has 1 aliphatic heterocycles. The minimum absolute atomic E-state index is 0.0119. The molecule has 0 spiro atoms. The number of nitro benzene ring substituents is 1. The first-order valence-electron chi connectivity index (χ1n) is 8.40. The van der Waals surface area contributed by atoms with Crippen molar-refractivity contribution in [3.63, 3.8) is 0 Å². The molecule has 1 fully saturated rings. The van der Waals surface area contributed by atoms with Gasteiger partial charge in [-0.2, -0.15) is 0 Å². The summed E-state index contributed by atoms with van der Waals surface area (Å²) in [4.78, 5) is 24.7. The lowest BCUT2D eigenvalue weighted by Crippen LogP contribution is -2.53. The second kappa shape index (κ2) is 7.69. The van der Waals surface area contributed by atoms with Gasteiger partial charge in [-0.1, -0.05) is 6.07 Å². The largest absolute Gasteiger partial charge is 0.443 e. The normalized spacial score (nSPS) is 17.9. The van der Waals surface area contributed by atoms with Gasteiger partial charge in [-0.3, -0.25) is 15.5 Å². The number of nitro groups is 1. The molecule has 1 aromatic carbocycles. The number of ether oxygens (including phenoxy) is 1. The minimum atomic E-state index is -0.563. The van der Waals surface area contributed by atoms with Crippen LogP contribution >= 0.6 is 0 Å². The van der Waals surface area contributed by atoms with Crippen molar-refractivity contribution in [1.82, 2.24) is 10.9 Å². The lowest BCUT2D eigenvalue weighted by molar-refractivity contribution is -0.384. The molecule has 1 aromatic rings. The van der Waals surface area contributed by atoms with Gasteiger partial charge >= 0.3 is 6.09 Å². The Labute approximate surface area is 147 Å². The van der Waals surface area contributed by atoms with E-state index in [-0.39, 0.29) is 16.7 Å². The van der Waals surface area contributed by atoms with Gasteiger partial charge in [0.25, 0.3) is 5.69 Å². The number of rotatable bonds is 4. The van der Waals surface area contributed by atoms with Gasteiger partial charge in [0.15, 0.2) is 0 Å². The van der Waals surface area contributed by atoms with Crippen LogP contribution in [0.1, 0.15) is 39.2 Å². The Bertz CT molecular complexity index is 642. The van der Waals surface area contributed by atoms with Gasteiger partial charge in [-0.05, 0) is 52.2 Å². The number of hydrogen-bond acceptors (Lipinski definition) is 6. The van der Waals surface area contributed by atoms with Crippen molar-refractivity contribution in [2.45, 2.75) is 52.2 Å². The Morgan fingerprint density at radius 2 is 2.12 bits per heavy atom. The molecule has 2 rings (SSSR count). The van der Waals surface area contributed by atoms with Crippen LogP contribution in [-0.4, -0.2) is 35.7 Å². The summed E-state index contributed by atoms with van der Waals surface area (Å²) in [6.07, 6.45) is 1.20. The first kappa shape index (κ1) is 19.0. The molecule has 138 valence electrons. The number of aryl methyl sites for hydroxylation is 1. The predicted octanol–water partition coefficient (Wildman–Crippen LogP) is 2.90. The van der Waals surface area contributed by atoms with Gasteiger partial charge in [-0.25, -0.2) is 10.2 Å². The van der Waals surface area contributed by atoms with Gasteiger partial charge in [0.1, 0.15) is 11.3 Å². The maximum atomic E-state index is 11.7. The second-order valence-corrected chi connectivity index (χ2v) is 7.31. The van der Waals surface area contributed by atoms with Crippen molar-refractivity contribution in [2.24, 2.45) is 0 Å². The lowest BCUT2D eigenvalue weighted by atomic mass is 10.0. The molecule has 1 heterocycles. The van der Waals surface area contributed by atoms with Crippen molar-refractivity contribution in [1.29, 1.82) is 0 Å². The fraction of sp³-hybridized carbons (Fsp3) is 0.588. The van der Waals surface area contributed by atoms with Gasteiger partial charge in [0.2, 0.25) is 0 Å². The van der Waals surface area contributed by atoms with Crippen molar-refractivity contribution >= 4 is 17.5 Å². The van der Waals surface area contributed by atoms with E-state index in [1.165, 1.54) is 0 Å². The fourth-order valence-corrected chi connectivity index (χ4v) is 2.83. The molecule has 0 radical (unpaired) electrons. The summed E-state index contributed by atoms with van der Waals surface area (Å²) < 4.78 is 5.19. The zero-order valence-electron chi connectivity index (χ0n) is 15.2. The second-order valence-electron chi connectivity index (χ2n) is 7.31. The summed E-state index contributed by atoms with van der Waals surface area (Å²) in [6.45, 7) is 8.54. The lowest BCUT2D eigenvalue weighted by Gasteiger charge is -2.34. The molecule has 1 saturated heterocycles. The number of nitrogens with one attached hydrogen (secondary N) is 2. The topological polar surface area (TPSA) is 96.7 Å². The monoisotopic (exact) mass is 350 g/mol. The molecule has 0 bridgehead atoms. The Morgan fingerprint density at radius 3 is 2.76 bits per heavy atom. The van der Waals surface area contributed by atoms with Crippen LogP contribution in [0.25, 0.3) is 0 Å². The van der Waals surface area contributed by atoms with Gasteiger partial charge in [0.05, 0.1) is 4.92 Å². The van der Waals surface area contributed by atoms with Crippen LogP contribution in [0.2, 0.25) is 0 Å². The van der Waals surface area contributed by atoms with Crippen LogP contribution in [-0.2, 0) is 4.74 Å². The third-order valence-corrected chi connectivity index (χ3v) is 3.87. The van der Waals surface area contributed by atoms with E-state index in [4.69, 9.17) is 4.74 Å². The highest BCUT2D eigenvalue weighted by Crippen LogP contribution is 2.31. The van der Waals surface area contributed by atoms with Crippen LogP contribution in [0.5, 0.6) is 0 Å². The number of carbonyl (C=O) groups excluding carboxylic acids is 1. The van der Waals surface area contributed by atoms with E-state index in [0.29, 0.717) is 12.2 Å². The zero-order valence-corrected chi connectivity index (χ0v) is 15.2. The van der Waals surface area contributed by atoms with Gasteiger partial charge in [-0.15, -0.1) is 0 Å². The van der Waals surface area contributed by atoms with E-state index in [9.17, 15) is 14.9 Å². The fourth-order valence-electron chi connectivity index (χ4n) is 2.83. The van der Waals surface area contributed by atoms with Crippen LogP contribution < -0.4 is 15.8 Å². The first-order chi connectivity index (χ1) is 11.7. The van der Waals surface area contributed by atoms with Crippen LogP contribution in [0.4, 0.5) is 16.2 Å². The Kier molecular flexibility index (Phi) is 5.84. The Balaban J connectivity index is 2.00. The Hall–Kier alpha value is -2.35. The van der Waals surface area contributed by atoms with Crippen molar-refractivity contribution in [3.8, 4) is 0 Å². The van der Waals surface area contributed by atoms with Crippen molar-refractivity contribution < 1.29 is 14.5 Å². The summed E-state index contributed by atoms with van der Waals surface area (Å²) >= 11 is 0. The van der Waals surface area contributed by atoms with E-state index in [0.717, 1.165) is 24.9 Å². The number of anilines is 1. The summed E-state index contributed by atoms with van der Waals surface area (Å²) in [6, 6.07) is 5.24. The van der Waals surface area contributed by atoms with Crippen molar-refractivity contribution in [3.05, 3.63) is 33.9 Å². The number of nitrogens with zero attached hydrogens (tertiary/aromatic N) is 2. The smallest absolute Gasteiger partial charge is 0.422 e. The van der Waals surface area contributed by atoms with Gasteiger partial charge < -0.3 is 9.64 Å². The van der Waals surface area contributed by atoms with E-state index in [1.54, 1.807) is 32.9 Å². The predicted molar refractivity (Wildman–Crippen MR) is 95.6 cm³/mol. The molecule has 2 N–H and O–H groups in total. The van der Waals surface area contributed by atoms with E-state index < -0.39 is 11.7 Å². The standard InChI is InChI=1S/C17H26N4O4/c1-12-7-8-14(15(10-12)21(23)24)20-9-5-6-13(11-20)18-19-16(22)25-17(2,3)4/h7-8,10,13,18H,5-6,9,11H2,1-4H3,(H,19,22). The Morgan fingerprint density at radius 1 is 1.40 bits per heavy atom. The molecular formula is C17H26N4O4. The summed E-state index contributed by atoms with van der Waals surface area (Å²) in [5, 5.41) is 11.3. The molecular weight excluding hydrogens is 324 g/mol. The molecule has 1 amide bonds. The third-order valence-electron chi connectivity index (χ3n) is 3.87. The summed E-state index contributed by atoms with van der Waals surface area (Å²) in [5.41, 5.74) is 6.54. The van der Waals surface area contributed by atoms with Gasteiger partial charge in [0, 0.05) is 25.2 Å². The molecule has 25 heavy (non-hydrogen) atoms. The van der Waals surface area contributed by atoms with Crippen molar-refractivity contribution in [2.75, 3.05) is 18.0 Å². The molecule has 8 heteroatoms. The molecule has 1 unspecified atom stereocenters. The highest BCUT2D eigenvalue weighted by molar-refractivity contribution is 5.67. The number of benzene rings is 1. The van der Waals surface area contributed by atoms with Crippen LogP contribution in [0.15, 0.2) is 18.2 Å². The summed E-state index contributed by atoms with van der Waals surface area (Å²) in [7, 11) is 0. The number of carbonyl (C=O) groups is 1. The molecule has 8 nitrogen and oxygen atoms in total. The number of hydrogen-bond donors (Lipinski definition) is 2. The summed E-state index contributed by atoms with van der Waals surface area (Å²) in [5.74, 6) is 0. The quantitative estimate of drug-likeness (QED) is 0.640. The maximum absolute atomic E-state index is 11.7. The van der Waals surface area contributed by atoms with Crippen LogP contribution in [0, 0.1) is 17.0 Å². The maximum Gasteiger partial charge on any atom is 0.422 e. The SMILES string of the molecule is Cc1ccc(N2CCCC(NNC(=O)OC(C)(C)C)C2)c([N+](=O)[O-])c1. The zero-order chi connectivity index (χ0) is 18.6. The van der Waals surface area contributed by atoms with E-state index >= 15 is 0 Å². The number of hydrazine groups is 1. The highest BCUT2D eigenvalue weighted by atomic mass is 16.6. The van der Waals surface area contributed by atoms with E-state index in [1.807, 2.05) is 17.9 Å². The molecule has 0 saturated carbocycles. The average molecular weight is 350 g/mol. The highest BCUT2D eigenvalue weighted by Gasteiger charge is 2.26. The first-order valence-corrected chi connectivity index (χ1v) is 8.40.